The van der Waals surface area contributed by atoms with Crippen LogP contribution in [0.5, 0.6) is 5.75 Å². The van der Waals surface area contributed by atoms with E-state index in [9.17, 15) is 4.79 Å². The first-order chi connectivity index (χ1) is 6.77. The fraction of sp³-hybridized carbons (Fsp3) is 0.444. The molecule has 0 spiro atoms. The Bertz CT molecular complexity index is 299. The standard InChI is InChI=1S/C9H14N2O2S/c1-13-7-5-8(14-6-7)9(12)11-4-2-3-10/h5-6H,2-4,10H2,1H3,(H,11,12). The molecular formula is C9H14N2O2S. The van der Waals surface area contributed by atoms with Gasteiger partial charge in [0.15, 0.2) is 0 Å². The molecule has 0 aromatic carbocycles. The molecule has 0 unspecified atom stereocenters. The highest BCUT2D eigenvalue weighted by Crippen LogP contribution is 2.20. The van der Waals surface area contributed by atoms with E-state index >= 15 is 0 Å². The molecule has 0 aliphatic rings. The van der Waals surface area contributed by atoms with Crippen LogP contribution in [0, 0.1) is 0 Å². The maximum absolute atomic E-state index is 11.5. The molecular weight excluding hydrogens is 200 g/mol. The number of nitrogens with two attached hydrogens (primary N) is 1. The van der Waals surface area contributed by atoms with Crippen molar-refractivity contribution < 1.29 is 9.53 Å². The van der Waals surface area contributed by atoms with Crippen LogP contribution in [0.3, 0.4) is 0 Å². The van der Waals surface area contributed by atoms with Crippen LogP contribution in [-0.4, -0.2) is 26.1 Å². The molecule has 4 nitrogen and oxygen atoms in total. The number of methoxy groups -OCH3 is 1. The lowest BCUT2D eigenvalue weighted by Gasteiger charge is -2.00. The summed E-state index contributed by atoms with van der Waals surface area (Å²) in [6.45, 7) is 1.21. The minimum Gasteiger partial charge on any atom is -0.496 e. The van der Waals surface area contributed by atoms with Gasteiger partial charge < -0.3 is 15.8 Å². The van der Waals surface area contributed by atoms with Gasteiger partial charge in [0, 0.05) is 18.0 Å². The molecule has 0 fully saturated rings. The predicted octanol–water partition coefficient (Wildman–Crippen LogP) is 0.835. The first kappa shape index (κ1) is 11.0. The molecule has 0 radical (unpaired) electrons. The Balaban J connectivity index is 2.44. The normalized spacial score (nSPS) is 9.86. The van der Waals surface area contributed by atoms with Gasteiger partial charge in [0.25, 0.3) is 5.91 Å². The van der Waals surface area contributed by atoms with Crippen molar-refractivity contribution in [3.63, 3.8) is 0 Å². The lowest BCUT2D eigenvalue weighted by molar-refractivity contribution is 0.0957. The average Bonchev–Trinajstić information content (AvgIpc) is 2.66. The summed E-state index contributed by atoms with van der Waals surface area (Å²) in [5, 5.41) is 4.58. The summed E-state index contributed by atoms with van der Waals surface area (Å²) in [6.07, 6.45) is 0.800. The van der Waals surface area contributed by atoms with Crippen molar-refractivity contribution in [2.45, 2.75) is 6.42 Å². The van der Waals surface area contributed by atoms with Gasteiger partial charge in [-0.3, -0.25) is 4.79 Å². The quantitative estimate of drug-likeness (QED) is 0.714. The van der Waals surface area contributed by atoms with Crippen LogP contribution in [0.4, 0.5) is 0 Å². The van der Waals surface area contributed by atoms with Crippen molar-refractivity contribution >= 4 is 17.2 Å². The Morgan fingerprint density at radius 3 is 3.07 bits per heavy atom. The molecule has 0 saturated carbocycles. The van der Waals surface area contributed by atoms with E-state index in [-0.39, 0.29) is 5.91 Å². The van der Waals surface area contributed by atoms with Crippen molar-refractivity contribution in [3.05, 3.63) is 16.3 Å². The maximum atomic E-state index is 11.5. The van der Waals surface area contributed by atoms with Gasteiger partial charge in [0.1, 0.15) is 5.75 Å². The van der Waals surface area contributed by atoms with Crippen LogP contribution in [0.25, 0.3) is 0 Å². The summed E-state index contributed by atoms with van der Waals surface area (Å²) in [4.78, 5) is 12.1. The number of rotatable bonds is 5. The van der Waals surface area contributed by atoms with Crippen molar-refractivity contribution in [2.75, 3.05) is 20.2 Å². The molecule has 1 amide bonds. The van der Waals surface area contributed by atoms with Gasteiger partial charge in [-0.1, -0.05) is 0 Å². The third-order valence-electron chi connectivity index (χ3n) is 1.70. The zero-order valence-electron chi connectivity index (χ0n) is 8.08. The zero-order chi connectivity index (χ0) is 10.4. The molecule has 0 saturated heterocycles. The molecule has 0 aliphatic heterocycles. The van der Waals surface area contributed by atoms with Crippen LogP contribution in [0.1, 0.15) is 16.1 Å². The van der Waals surface area contributed by atoms with Gasteiger partial charge >= 0.3 is 0 Å². The number of amides is 1. The van der Waals surface area contributed by atoms with E-state index < -0.39 is 0 Å². The van der Waals surface area contributed by atoms with Gasteiger partial charge in [0.05, 0.1) is 12.0 Å². The zero-order valence-corrected chi connectivity index (χ0v) is 8.89. The Hall–Kier alpha value is -1.07. The van der Waals surface area contributed by atoms with E-state index in [0.29, 0.717) is 18.0 Å². The van der Waals surface area contributed by atoms with Crippen molar-refractivity contribution in [1.29, 1.82) is 0 Å². The highest BCUT2D eigenvalue weighted by Gasteiger charge is 2.07. The fourth-order valence-electron chi connectivity index (χ4n) is 0.936. The second-order valence-electron chi connectivity index (χ2n) is 2.75. The van der Waals surface area contributed by atoms with E-state index in [1.54, 1.807) is 18.6 Å². The van der Waals surface area contributed by atoms with E-state index in [1.165, 1.54) is 11.3 Å². The van der Waals surface area contributed by atoms with Crippen molar-refractivity contribution in [1.82, 2.24) is 5.32 Å². The largest absolute Gasteiger partial charge is 0.496 e. The first-order valence-corrected chi connectivity index (χ1v) is 5.26. The third-order valence-corrected chi connectivity index (χ3v) is 2.61. The number of carbonyl (C=O) groups is 1. The van der Waals surface area contributed by atoms with Crippen LogP contribution < -0.4 is 15.8 Å². The lowest BCUT2D eigenvalue weighted by atomic mass is 10.4. The molecule has 0 aliphatic carbocycles. The van der Waals surface area contributed by atoms with Gasteiger partial charge in [-0.05, 0) is 13.0 Å². The fourth-order valence-corrected chi connectivity index (χ4v) is 1.71. The molecule has 1 aromatic heterocycles. The average molecular weight is 214 g/mol. The Kier molecular flexibility index (Phi) is 4.42. The molecule has 1 rings (SSSR count). The third kappa shape index (κ3) is 3.01. The molecule has 0 atom stereocenters. The highest BCUT2D eigenvalue weighted by atomic mass is 32.1. The van der Waals surface area contributed by atoms with Crippen LogP contribution in [0.15, 0.2) is 11.4 Å². The van der Waals surface area contributed by atoms with Crippen LogP contribution in [-0.2, 0) is 0 Å². The number of carbonyl (C=O) groups excluding carboxylic acids is 1. The summed E-state index contributed by atoms with van der Waals surface area (Å²) in [5.41, 5.74) is 5.31. The second kappa shape index (κ2) is 5.62. The highest BCUT2D eigenvalue weighted by molar-refractivity contribution is 7.12. The number of thiophene rings is 1. The van der Waals surface area contributed by atoms with Gasteiger partial charge in [0.2, 0.25) is 0 Å². The van der Waals surface area contributed by atoms with E-state index in [0.717, 1.165) is 12.2 Å². The molecule has 14 heavy (non-hydrogen) atoms. The molecule has 78 valence electrons. The Morgan fingerprint density at radius 1 is 1.71 bits per heavy atom. The monoisotopic (exact) mass is 214 g/mol. The van der Waals surface area contributed by atoms with Gasteiger partial charge in [-0.15, -0.1) is 11.3 Å². The van der Waals surface area contributed by atoms with Crippen LogP contribution in [0.2, 0.25) is 0 Å². The Labute approximate surface area is 87.1 Å². The first-order valence-electron chi connectivity index (χ1n) is 4.38. The lowest BCUT2D eigenvalue weighted by Crippen LogP contribution is -2.25. The number of hydrogen-bond acceptors (Lipinski definition) is 4. The summed E-state index contributed by atoms with van der Waals surface area (Å²) in [7, 11) is 1.58. The predicted molar refractivity (Wildman–Crippen MR) is 56.9 cm³/mol. The molecule has 0 bridgehead atoms. The number of hydrogen-bond donors (Lipinski definition) is 2. The second-order valence-corrected chi connectivity index (χ2v) is 3.66. The van der Waals surface area contributed by atoms with E-state index in [4.69, 9.17) is 10.5 Å². The summed E-state index contributed by atoms with van der Waals surface area (Å²) in [5.74, 6) is 0.658. The smallest absolute Gasteiger partial charge is 0.261 e. The van der Waals surface area contributed by atoms with Crippen LogP contribution >= 0.6 is 11.3 Å². The summed E-state index contributed by atoms with van der Waals surface area (Å²) >= 11 is 1.37. The SMILES string of the molecule is COc1csc(C(=O)NCCCN)c1. The summed E-state index contributed by atoms with van der Waals surface area (Å²) < 4.78 is 4.98. The van der Waals surface area contributed by atoms with Crippen molar-refractivity contribution in [2.24, 2.45) is 5.73 Å². The molecule has 1 heterocycles. The maximum Gasteiger partial charge on any atom is 0.261 e. The summed E-state index contributed by atoms with van der Waals surface area (Å²) in [6, 6.07) is 1.72. The van der Waals surface area contributed by atoms with Gasteiger partial charge in [-0.2, -0.15) is 0 Å². The number of ether oxygens (including phenoxy) is 1. The minimum absolute atomic E-state index is 0.0632. The van der Waals surface area contributed by atoms with Gasteiger partial charge in [-0.25, -0.2) is 0 Å². The number of nitrogens with one attached hydrogen (secondary N) is 1. The van der Waals surface area contributed by atoms with E-state index in [2.05, 4.69) is 5.32 Å². The topological polar surface area (TPSA) is 64.3 Å². The molecule has 3 N–H and O–H groups in total. The minimum atomic E-state index is -0.0632. The molecule has 1 aromatic rings. The van der Waals surface area contributed by atoms with E-state index in [1.807, 2.05) is 0 Å². The Morgan fingerprint density at radius 2 is 2.50 bits per heavy atom. The molecule has 5 heteroatoms. The van der Waals surface area contributed by atoms with Crippen molar-refractivity contribution in [3.8, 4) is 5.75 Å².